The van der Waals surface area contributed by atoms with E-state index in [9.17, 15) is 22.8 Å². The fraction of sp³-hybridized carbons (Fsp3) is 0.238. The van der Waals surface area contributed by atoms with E-state index in [-0.39, 0.29) is 5.69 Å². The van der Waals surface area contributed by atoms with E-state index >= 15 is 0 Å². The molecular formula is C21H19N3O6S. The average Bonchev–Trinajstić information content (AvgIpc) is 2.76. The minimum Gasteiger partial charge on any atom is -0.452 e. The minimum atomic E-state index is -3.40. The first kappa shape index (κ1) is 20.7. The Morgan fingerprint density at radius 1 is 1.16 bits per heavy atom. The van der Waals surface area contributed by atoms with Crippen LogP contribution in [0.1, 0.15) is 32.8 Å². The molecule has 1 aliphatic rings. The van der Waals surface area contributed by atoms with Crippen molar-refractivity contribution in [2.75, 3.05) is 23.7 Å². The molecule has 0 unspecified atom stereocenters. The molecule has 0 saturated carbocycles. The van der Waals surface area contributed by atoms with Gasteiger partial charge >= 0.3 is 5.97 Å². The summed E-state index contributed by atoms with van der Waals surface area (Å²) in [4.78, 5) is 36.9. The molecule has 0 atom stereocenters. The van der Waals surface area contributed by atoms with Gasteiger partial charge in [0, 0.05) is 17.5 Å². The third kappa shape index (κ3) is 4.06. The number of esters is 1. The van der Waals surface area contributed by atoms with Crippen molar-refractivity contribution in [3.05, 3.63) is 69.6 Å². The molecule has 0 amide bonds. The predicted molar refractivity (Wildman–Crippen MR) is 114 cm³/mol. The summed E-state index contributed by atoms with van der Waals surface area (Å²) < 4.78 is 30.4. The van der Waals surface area contributed by atoms with Gasteiger partial charge in [-0.15, -0.1) is 0 Å². The van der Waals surface area contributed by atoms with Crippen molar-refractivity contribution in [2.24, 2.45) is 0 Å². The first-order valence-corrected chi connectivity index (χ1v) is 11.4. The van der Waals surface area contributed by atoms with Gasteiger partial charge in [-0.2, -0.15) is 5.10 Å². The van der Waals surface area contributed by atoms with Crippen molar-refractivity contribution in [1.29, 1.82) is 0 Å². The zero-order valence-corrected chi connectivity index (χ0v) is 17.4. The Kier molecular flexibility index (Phi) is 5.32. The molecule has 2 aromatic carbocycles. The second kappa shape index (κ2) is 7.95. The van der Waals surface area contributed by atoms with E-state index in [0.717, 1.165) is 11.8 Å². The van der Waals surface area contributed by atoms with Gasteiger partial charge < -0.3 is 4.74 Å². The SMILES string of the molecule is CS(=O)(=O)N1CCCc2cc(C(=O)COC(=O)c3n[nH]c(=O)c4ccccc34)ccc21. The largest absolute Gasteiger partial charge is 0.452 e. The molecule has 0 aliphatic carbocycles. The molecule has 0 fully saturated rings. The highest BCUT2D eigenvalue weighted by Gasteiger charge is 2.25. The summed E-state index contributed by atoms with van der Waals surface area (Å²) in [6.45, 7) is -0.112. The summed E-state index contributed by atoms with van der Waals surface area (Å²) in [5.41, 5.74) is 1.12. The molecule has 4 rings (SSSR count). The molecule has 1 aliphatic heterocycles. The number of anilines is 1. The summed E-state index contributed by atoms with van der Waals surface area (Å²) >= 11 is 0. The molecule has 0 radical (unpaired) electrons. The van der Waals surface area contributed by atoms with E-state index < -0.39 is 33.9 Å². The smallest absolute Gasteiger partial charge is 0.359 e. The maximum atomic E-state index is 12.6. The fourth-order valence-electron chi connectivity index (χ4n) is 3.63. The summed E-state index contributed by atoms with van der Waals surface area (Å²) in [5.74, 6) is -1.26. The van der Waals surface area contributed by atoms with Crippen LogP contribution in [0.3, 0.4) is 0 Å². The highest BCUT2D eigenvalue weighted by atomic mass is 32.2. The number of carbonyl (C=O) groups is 2. The van der Waals surface area contributed by atoms with Crippen LogP contribution < -0.4 is 9.86 Å². The first-order chi connectivity index (χ1) is 14.8. The van der Waals surface area contributed by atoms with Crippen LogP contribution in [0.2, 0.25) is 0 Å². The van der Waals surface area contributed by atoms with Crippen LogP contribution in [0.15, 0.2) is 47.3 Å². The number of H-pyrrole nitrogens is 1. The average molecular weight is 441 g/mol. The molecule has 1 aromatic heterocycles. The lowest BCUT2D eigenvalue weighted by atomic mass is 9.99. The van der Waals surface area contributed by atoms with Crippen LogP contribution in [0, 0.1) is 0 Å². The molecular weight excluding hydrogens is 422 g/mol. The lowest BCUT2D eigenvalue weighted by Crippen LogP contribution is -2.34. The predicted octanol–water partition coefficient (Wildman–Crippen LogP) is 1.67. The van der Waals surface area contributed by atoms with Crippen LogP contribution in [-0.4, -0.2) is 49.8 Å². The second-order valence-corrected chi connectivity index (χ2v) is 9.14. The lowest BCUT2D eigenvalue weighted by molar-refractivity contribution is 0.0470. The van der Waals surface area contributed by atoms with Crippen molar-refractivity contribution in [3.8, 4) is 0 Å². The molecule has 0 spiro atoms. The van der Waals surface area contributed by atoms with Crippen LogP contribution in [0.25, 0.3) is 10.8 Å². The number of hydrogen-bond acceptors (Lipinski definition) is 7. The normalized spacial score (nSPS) is 13.6. The Morgan fingerprint density at radius 3 is 2.65 bits per heavy atom. The van der Waals surface area contributed by atoms with Gasteiger partial charge in [0.1, 0.15) is 0 Å². The van der Waals surface area contributed by atoms with Crippen molar-refractivity contribution in [1.82, 2.24) is 10.2 Å². The van der Waals surface area contributed by atoms with Crippen molar-refractivity contribution < 1.29 is 22.7 Å². The molecule has 9 nitrogen and oxygen atoms in total. The van der Waals surface area contributed by atoms with Gasteiger partial charge in [-0.25, -0.2) is 18.3 Å². The summed E-state index contributed by atoms with van der Waals surface area (Å²) in [7, 11) is -3.40. The Labute approximate surface area is 177 Å². The van der Waals surface area contributed by atoms with Crippen LogP contribution in [0.5, 0.6) is 0 Å². The Hall–Kier alpha value is -3.53. The zero-order valence-electron chi connectivity index (χ0n) is 16.6. The molecule has 0 bridgehead atoms. The molecule has 10 heteroatoms. The third-order valence-corrected chi connectivity index (χ3v) is 6.28. The van der Waals surface area contributed by atoms with Crippen molar-refractivity contribution in [3.63, 3.8) is 0 Å². The molecule has 3 aromatic rings. The highest BCUT2D eigenvalue weighted by Crippen LogP contribution is 2.30. The number of nitrogens with one attached hydrogen (secondary N) is 1. The van der Waals surface area contributed by atoms with E-state index in [1.54, 1.807) is 36.4 Å². The number of carbonyl (C=O) groups excluding carboxylic acids is 2. The van der Waals surface area contributed by atoms with Gasteiger partial charge in [0.15, 0.2) is 18.1 Å². The number of ether oxygens (including phenoxy) is 1. The molecule has 160 valence electrons. The number of aromatic amines is 1. The van der Waals surface area contributed by atoms with Crippen molar-refractivity contribution >= 4 is 38.2 Å². The zero-order chi connectivity index (χ0) is 22.2. The molecule has 2 heterocycles. The number of aryl methyl sites for hydroxylation is 1. The number of benzene rings is 2. The van der Waals surface area contributed by atoms with Crippen molar-refractivity contribution in [2.45, 2.75) is 12.8 Å². The minimum absolute atomic E-state index is 0.0859. The standard InChI is InChI=1S/C21H19N3O6S/c1-31(28,29)24-10-4-5-13-11-14(8-9-17(13)24)18(25)12-30-21(27)19-15-6-2-3-7-16(15)20(26)23-22-19/h2-3,6-9,11H,4-5,10,12H2,1H3,(H,23,26). The van der Waals surface area contributed by atoms with Crippen LogP contribution >= 0.6 is 0 Å². The number of nitrogens with zero attached hydrogens (tertiary/aromatic N) is 2. The second-order valence-electron chi connectivity index (χ2n) is 7.23. The van der Waals surface area contributed by atoms with Crippen LogP contribution in [0.4, 0.5) is 5.69 Å². The topological polar surface area (TPSA) is 126 Å². The maximum absolute atomic E-state index is 12.6. The van der Waals surface area contributed by atoms with Gasteiger partial charge in [-0.1, -0.05) is 18.2 Å². The number of ketones is 1. The lowest BCUT2D eigenvalue weighted by Gasteiger charge is -2.29. The van der Waals surface area contributed by atoms with E-state index in [4.69, 9.17) is 4.74 Å². The first-order valence-electron chi connectivity index (χ1n) is 9.54. The number of hydrogen-bond donors (Lipinski definition) is 1. The monoisotopic (exact) mass is 441 g/mol. The Balaban J connectivity index is 1.52. The van der Waals surface area contributed by atoms with E-state index in [0.29, 0.717) is 41.4 Å². The van der Waals surface area contributed by atoms with Gasteiger partial charge in [-0.3, -0.25) is 13.9 Å². The van der Waals surface area contributed by atoms with Gasteiger partial charge in [-0.05, 0) is 42.7 Å². The van der Waals surface area contributed by atoms with Gasteiger partial charge in [0.25, 0.3) is 5.56 Å². The molecule has 1 N–H and O–H groups in total. The third-order valence-electron chi connectivity index (χ3n) is 5.10. The summed E-state index contributed by atoms with van der Waals surface area (Å²) in [6, 6.07) is 11.2. The summed E-state index contributed by atoms with van der Waals surface area (Å²) in [6.07, 6.45) is 2.45. The van der Waals surface area contributed by atoms with E-state index in [2.05, 4.69) is 10.2 Å². The number of sulfonamides is 1. The quantitative estimate of drug-likeness (QED) is 0.471. The van der Waals surface area contributed by atoms with E-state index in [1.165, 1.54) is 10.4 Å². The number of Topliss-reactive ketones (excluding diaryl/α,β-unsaturated/α-hetero) is 1. The Bertz CT molecular complexity index is 1360. The molecule has 0 saturated heterocycles. The maximum Gasteiger partial charge on any atom is 0.359 e. The van der Waals surface area contributed by atoms with Gasteiger partial charge in [0.05, 0.1) is 17.3 Å². The van der Waals surface area contributed by atoms with Gasteiger partial charge in [0.2, 0.25) is 10.0 Å². The number of aromatic nitrogens is 2. The Morgan fingerprint density at radius 2 is 1.90 bits per heavy atom. The molecule has 31 heavy (non-hydrogen) atoms. The summed E-state index contributed by atoms with van der Waals surface area (Å²) in [5, 5.41) is 6.63. The van der Waals surface area contributed by atoms with Crippen LogP contribution in [-0.2, 0) is 21.2 Å². The number of fused-ring (bicyclic) bond motifs is 2. The highest BCUT2D eigenvalue weighted by molar-refractivity contribution is 7.92. The fourth-order valence-corrected chi connectivity index (χ4v) is 4.63. The number of rotatable bonds is 5. The van der Waals surface area contributed by atoms with E-state index in [1.807, 2.05) is 0 Å².